The van der Waals surface area contributed by atoms with Gasteiger partial charge in [0, 0.05) is 6.42 Å². The van der Waals surface area contributed by atoms with Gasteiger partial charge in [0.25, 0.3) is 0 Å². The summed E-state index contributed by atoms with van der Waals surface area (Å²) in [6, 6.07) is 0. The summed E-state index contributed by atoms with van der Waals surface area (Å²) in [7, 11) is 0. The quantitative estimate of drug-likeness (QED) is 0.530. The molecule has 0 spiro atoms. The number of amidine groups is 1. The first-order valence-corrected chi connectivity index (χ1v) is 2.48. The Morgan fingerprint density at radius 3 is 2.88 bits per heavy atom. The van der Waals surface area contributed by atoms with Crippen molar-refractivity contribution in [3.05, 3.63) is 24.4 Å². The molecule has 42 valence electrons. The van der Waals surface area contributed by atoms with Gasteiger partial charge in [-0.3, -0.25) is 0 Å². The predicted molar refractivity (Wildman–Crippen MR) is 34.5 cm³/mol. The summed E-state index contributed by atoms with van der Waals surface area (Å²) in [5, 5.41) is 0. The number of nitrogens with two attached hydrogens (primary N) is 1. The van der Waals surface area contributed by atoms with E-state index >= 15 is 0 Å². The van der Waals surface area contributed by atoms with E-state index < -0.39 is 0 Å². The van der Waals surface area contributed by atoms with E-state index in [4.69, 9.17) is 5.73 Å². The van der Waals surface area contributed by atoms with E-state index in [9.17, 15) is 0 Å². The Hall–Kier alpha value is -1.05. The van der Waals surface area contributed by atoms with Crippen LogP contribution in [0.3, 0.4) is 0 Å². The molecule has 1 aliphatic rings. The van der Waals surface area contributed by atoms with Crippen LogP contribution in [-0.2, 0) is 0 Å². The maximum absolute atomic E-state index is 5.35. The van der Waals surface area contributed by atoms with Crippen LogP contribution >= 0.6 is 0 Å². The number of allylic oxidation sites excluding steroid dienone is 1. The molecule has 1 heterocycles. The van der Waals surface area contributed by atoms with Gasteiger partial charge in [0.2, 0.25) is 0 Å². The molecule has 0 aromatic carbocycles. The third-order valence-corrected chi connectivity index (χ3v) is 1.00. The van der Waals surface area contributed by atoms with Crippen LogP contribution in [0, 0.1) is 0 Å². The van der Waals surface area contributed by atoms with Crippen LogP contribution in [-0.4, -0.2) is 5.84 Å². The fraction of sp³-hybridized carbons (Fsp3) is 0.167. The highest BCUT2D eigenvalue weighted by atomic mass is 14.9. The van der Waals surface area contributed by atoms with E-state index in [2.05, 4.69) is 11.6 Å². The number of hydrogen-bond acceptors (Lipinski definition) is 2. The van der Waals surface area contributed by atoms with Crippen molar-refractivity contribution in [1.82, 2.24) is 0 Å². The lowest BCUT2D eigenvalue weighted by atomic mass is 10.4. The first-order chi connectivity index (χ1) is 3.83. The van der Waals surface area contributed by atoms with Crippen molar-refractivity contribution < 1.29 is 0 Å². The largest absolute Gasteiger partial charge is 0.387 e. The number of rotatable bonds is 1. The van der Waals surface area contributed by atoms with Crippen molar-refractivity contribution in [3.8, 4) is 0 Å². The van der Waals surface area contributed by atoms with Crippen molar-refractivity contribution in [2.75, 3.05) is 0 Å². The molecule has 0 saturated heterocycles. The third kappa shape index (κ3) is 0.780. The lowest BCUT2D eigenvalue weighted by molar-refractivity contribution is 1.43. The third-order valence-electron chi connectivity index (χ3n) is 1.00. The van der Waals surface area contributed by atoms with E-state index in [0.29, 0.717) is 5.84 Å². The van der Waals surface area contributed by atoms with Gasteiger partial charge < -0.3 is 5.73 Å². The summed E-state index contributed by atoms with van der Waals surface area (Å²) in [4.78, 5) is 3.94. The standard InChI is InChI=1S/C6H8N2/c1-2-5-3-4-6(7)8-5/h2-3H,1,4H2,(H2,7,8). The molecule has 0 fully saturated rings. The molecular formula is C6H8N2. The van der Waals surface area contributed by atoms with Crippen LogP contribution in [0.2, 0.25) is 0 Å². The van der Waals surface area contributed by atoms with Gasteiger partial charge in [-0.25, -0.2) is 4.99 Å². The molecule has 0 saturated carbocycles. The molecule has 0 radical (unpaired) electrons. The number of hydrogen-bond donors (Lipinski definition) is 1. The lowest BCUT2D eigenvalue weighted by Crippen LogP contribution is -2.06. The van der Waals surface area contributed by atoms with E-state index in [1.807, 2.05) is 6.08 Å². The summed E-state index contributed by atoms with van der Waals surface area (Å²) < 4.78 is 0. The molecule has 1 aliphatic heterocycles. The lowest BCUT2D eigenvalue weighted by Gasteiger charge is -1.81. The normalized spacial score (nSPS) is 17.5. The highest BCUT2D eigenvalue weighted by Gasteiger charge is 1.98. The van der Waals surface area contributed by atoms with E-state index in [-0.39, 0.29) is 0 Å². The average molecular weight is 108 g/mol. The molecule has 2 nitrogen and oxygen atoms in total. The van der Waals surface area contributed by atoms with Gasteiger partial charge in [-0.05, 0) is 6.08 Å². The molecular weight excluding hydrogens is 100 g/mol. The Bertz CT molecular complexity index is 165. The molecule has 8 heavy (non-hydrogen) atoms. The Morgan fingerprint density at radius 2 is 2.62 bits per heavy atom. The fourth-order valence-electron chi connectivity index (χ4n) is 0.595. The van der Waals surface area contributed by atoms with Gasteiger partial charge in [0.1, 0.15) is 5.84 Å². The van der Waals surface area contributed by atoms with Gasteiger partial charge in [-0.15, -0.1) is 0 Å². The van der Waals surface area contributed by atoms with Crippen LogP contribution < -0.4 is 5.73 Å². The summed E-state index contributed by atoms with van der Waals surface area (Å²) >= 11 is 0. The highest BCUT2D eigenvalue weighted by molar-refractivity contribution is 5.85. The Balaban J connectivity index is 2.72. The second kappa shape index (κ2) is 1.82. The summed E-state index contributed by atoms with van der Waals surface area (Å²) in [5.41, 5.74) is 6.24. The fourth-order valence-corrected chi connectivity index (χ4v) is 0.595. The minimum atomic E-state index is 0.680. The summed E-state index contributed by atoms with van der Waals surface area (Å²) in [6.45, 7) is 3.55. The molecule has 0 aromatic rings. The van der Waals surface area contributed by atoms with Crippen LogP contribution in [0.5, 0.6) is 0 Å². The minimum absolute atomic E-state index is 0.680. The zero-order chi connectivity index (χ0) is 5.98. The van der Waals surface area contributed by atoms with Crippen LogP contribution in [0.1, 0.15) is 6.42 Å². The van der Waals surface area contributed by atoms with Crippen molar-refractivity contribution in [1.29, 1.82) is 0 Å². The average Bonchev–Trinajstić information content (AvgIpc) is 2.14. The topological polar surface area (TPSA) is 38.4 Å². The predicted octanol–water partition coefficient (Wildman–Crippen LogP) is 0.817. The summed E-state index contributed by atoms with van der Waals surface area (Å²) in [5.74, 6) is 0.680. The maximum Gasteiger partial charge on any atom is 0.103 e. The molecule has 0 amide bonds. The molecule has 0 aromatic heterocycles. The molecule has 0 unspecified atom stereocenters. The molecule has 2 heteroatoms. The van der Waals surface area contributed by atoms with E-state index in [1.165, 1.54) is 0 Å². The maximum atomic E-state index is 5.35. The monoisotopic (exact) mass is 108 g/mol. The van der Waals surface area contributed by atoms with Crippen molar-refractivity contribution >= 4 is 5.84 Å². The van der Waals surface area contributed by atoms with E-state index in [1.54, 1.807) is 6.08 Å². The molecule has 0 aliphatic carbocycles. The van der Waals surface area contributed by atoms with Crippen LogP contribution in [0.15, 0.2) is 29.4 Å². The van der Waals surface area contributed by atoms with Gasteiger partial charge in [0.05, 0.1) is 5.70 Å². The summed E-state index contributed by atoms with van der Waals surface area (Å²) in [6.07, 6.45) is 4.42. The van der Waals surface area contributed by atoms with Gasteiger partial charge in [0.15, 0.2) is 0 Å². The van der Waals surface area contributed by atoms with Crippen LogP contribution in [0.25, 0.3) is 0 Å². The second-order valence-electron chi connectivity index (χ2n) is 1.64. The molecule has 0 atom stereocenters. The van der Waals surface area contributed by atoms with Crippen molar-refractivity contribution in [3.63, 3.8) is 0 Å². The van der Waals surface area contributed by atoms with Crippen molar-refractivity contribution in [2.45, 2.75) is 6.42 Å². The van der Waals surface area contributed by atoms with E-state index in [0.717, 1.165) is 12.1 Å². The molecule has 0 bridgehead atoms. The highest BCUT2D eigenvalue weighted by Crippen LogP contribution is 2.06. The van der Waals surface area contributed by atoms with Gasteiger partial charge in [-0.1, -0.05) is 12.7 Å². The first kappa shape index (κ1) is 5.09. The molecule has 2 N–H and O–H groups in total. The minimum Gasteiger partial charge on any atom is -0.387 e. The van der Waals surface area contributed by atoms with Crippen LogP contribution in [0.4, 0.5) is 0 Å². The Labute approximate surface area is 48.4 Å². The second-order valence-corrected chi connectivity index (χ2v) is 1.64. The molecule has 1 rings (SSSR count). The SMILES string of the molecule is C=CC1=CCC(N)=N1. The zero-order valence-electron chi connectivity index (χ0n) is 4.59. The number of aliphatic imine (C=N–C) groups is 1. The smallest absolute Gasteiger partial charge is 0.103 e. The van der Waals surface area contributed by atoms with Crippen molar-refractivity contribution in [2.24, 2.45) is 10.7 Å². The Morgan fingerprint density at radius 1 is 1.88 bits per heavy atom. The number of nitrogens with zero attached hydrogens (tertiary/aromatic N) is 1. The van der Waals surface area contributed by atoms with Gasteiger partial charge in [-0.2, -0.15) is 0 Å². The zero-order valence-corrected chi connectivity index (χ0v) is 4.59. The Kier molecular flexibility index (Phi) is 1.16. The van der Waals surface area contributed by atoms with Gasteiger partial charge >= 0.3 is 0 Å². The first-order valence-electron chi connectivity index (χ1n) is 2.48.